The molecule has 0 aliphatic heterocycles. The van der Waals surface area contributed by atoms with Gasteiger partial charge in [-0.1, -0.05) is 25.1 Å². The lowest BCUT2D eigenvalue weighted by atomic mass is 9.87. The van der Waals surface area contributed by atoms with Crippen molar-refractivity contribution in [1.29, 1.82) is 0 Å². The van der Waals surface area contributed by atoms with Crippen LogP contribution in [-0.4, -0.2) is 19.1 Å². The number of alkyl halides is 2. The van der Waals surface area contributed by atoms with E-state index in [1.807, 2.05) is 6.92 Å². The average molecular weight is 286 g/mol. The summed E-state index contributed by atoms with van der Waals surface area (Å²) in [5.74, 6) is -0.460. The molecule has 0 heterocycles. The molecule has 0 spiro atoms. The van der Waals surface area contributed by atoms with Crippen LogP contribution in [0.15, 0.2) is 24.3 Å². The van der Waals surface area contributed by atoms with Gasteiger partial charge in [0, 0.05) is 12.0 Å². The SMILES string of the molecule is CCCNC(C)(CC(N)=O)c1ccccc1OC(F)F. The Morgan fingerprint density at radius 1 is 1.45 bits per heavy atom. The minimum Gasteiger partial charge on any atom is -0.434 e. The molecule has 0 aromatic heterocycles. The lowest BCUT2D eigenvalue weighted by Gasteiger charge is -2.32. The Morgan fingerprint density at radius 3 is 2.65 bits per heavy atom. The van der Waals surface area contributed by atoms with E-state index in [1.54, 1.807) is 25.1 Å². The number of benzene rings is 1. The number of carbonyl (C=O) groups is 1. The first-order valence-electron chi connectivity index (χ1n) is 6.46. The summed E-state index contributed by atoms with van der Waals surface area (Å²) in [5.41, 5.74) is 4.92. The molecule has 0 aliphatic carbocycles. The van der Waals surface area contributed by atoms with Gasteiger partial charge in [0.2, 0.25) is 5.91 Å². The Morgan fingerprint density at radius 2 is 2.10 bits per heavy atom. The largest absolute Gasteiger partial charge is 0.434 e. The molecule has 6 heteroatoms. The van der Waals surface area contributed by atoms with Gasteiger partial charge in [-0.3, -0.25) is 4.79 Å². The lowest BCUT2D eigenvalue weighted by molar-refractivity contribution is -0.119. The van der Waals surface area contributed by atoms with Crippen LogP contribution in [0.2, 0.25) is 0 Å². The molecule has 0 radical (unpaired) electrons. The fourth-order valence-electron chi connectivity index (χ4n) is 2.12. The van der Waals surface area contributed by atoms with E-state index in [4.69, 9.17) is 5.73 Å². The van der Waals surface area contributed by atoms with Crippen LogP contribution in [0.5, 0.6) is 5.75 Å². The normalized spacial score (nSPS) is 14.1. The topological polar surface area (TPSA) is 64.3 Å². The second-order valence-corrected chi connectivity index (χ2v) is 4.78. The molecule has 0 bridgehead atoms. The summed E-state index contributed by atoms with van der Waals surface area (Å²) in [6.07, 6.45) is 0.836. The third kappa shape index (κ3) is 4.45. The van der Waals surface area contributed by atoms with Crippen LogP contribution in [-0.2, 0) is 10.3 Å². The zero-order chi connectivity index (χ0) is 15.2. The number of nitrogens with one attached hydrogen (secondary N) is 1. The number of primary amides is 1. The van der Waals surface area contributed by atoms with Crippen molar-refractivity contribution in [1.82, 2.24) is 5.32 Å². The number of halogens is 2. The minimum absolute atomic E-state index is 0.00336. The van der Waals surface area contributed by atoms with Gasteiger partial charge in [-0.05, 0) is 26.0 Å². The third-order valence-electron chi connectivity index (χ3n) is 2.99. The molecule has 3 N–H and O–H groups in total. The number of carbonyl (C=O) groups excluding carboxylic acids is 1. The van der Waals surface area contributed by atoms with E-state index < -0.39 is 18.1 Å². The number of hydrogen-bond donors (Lipinski definition) is 2. The molecule has 1 atom stereocenters. The molecule has 1 amide bonds. The van der Waals surface area contributed by atoms with Gasteiger partial charge in [-0.25, -0.2) is 0 Å². The Bertz CT molecular complexity index is 455. The molecular formula is C14H20F2N2O2. The molecule has 1 aromatic carbocycles. The zero-order valence-corrected chi connectivity index (χ0v) is 11.7. The Labute approximate surface area is 117 Å². The number of ether oxygens (including phenoxy) is 1. The highest BCUT2D eigenvalue weighted by Gasteiger charge is 2.31. The van der Waals surface area contributed by atoms with Gasteiger partial charge in [0.15, 0.2) is 0 Å². The maximum absolute atomic E-state index is 12.5. The summed E-state index contributed by atoms with van der Waals surface area (Å²) < 4.78 is 29.5. The molecular weight excluding hydrogens is 266 g/mol. The standard InChI is InChI=1S/C14H20F2N2O2/c1-3-8-18-14(2,9-12(17)19)10-6-4-5-7-11(10)20-13(15)16/h4-7,13,18H,3,8-9H2,1-2H3,(H2,17,19). The first-order valence-corrected chi connectivity index (χ1v) is 6.46. The first kappa shape index (κ1) is 16.4. The van der Waals surface area contributed by atoms with Crippen LogP contribution in [0.4, 0.5) is 8.78 Å². The number of nitrogens with two attached hydrogens (primary N) is 1. The smallest absolute Gasteiger partial charge is 0.387 e. The highest BCUT2D eigenvalue weighted by atomic mass is 19.3. The monoisotopic (exact) mass is 286 g/mol. The van der Waals surface area contributed by atoms with E-state index >= 15 is 0 Å². The average Bonchev–Trinajstić information content (AvgIpc) is 2.35. The fraction of sp³-hybridized carbons (Fsp3) is 0.500. The van der Waals surface area contributed by atoms with E-state index in [0.717, 1.165) is 6.42 Å². The summed E-state index contributed by atoms with van der Waals surface area (Å²) in [5, 5.41) is 3.18. The van der Waals surface area contributed by atoms with Gasteiger partial charge >= 0.3 is 6.61 Å². The Hall–Kier alpha value is -1.69. The summed E-state index contributed by atoms with van der Waals surface area (Å²) >= 11 is 0. The van der Waals surface area contributed by atoms with E-state index in [9.17, 15) is 13.6 Å². The highest BCUT2D eigenvalue weighted by molar-refractivity contribution is 5.75. The van der Waals surface area contributed by atoms with E-state index in [0.29, 0.717) is 12.1 Å². The van der Waals surface area contributed by atoms with Gasteiger partial charge in [0.25, 0.3) is 0 Å². The third-order valence-corrected chi connectivity index (χ3v) is 2.99. The molecule has 0 saturated heterocycles. The highest BCUT2D eigenvalue weighted by Crippen LogP contribution is 2.33. The summed E-state index contributed by atoms with van der Waals surface area (Å²) in [6.45, 7) is 1.44. The first-order chi connectivity index (χ1) is 9.39. The van der Waals surface area contributed by atoms with Gasteiger partial charge in [0.05, 0.1) is 5.54 Å². The van der Waals surface area contributed by atoms with Crippen LogP contribution >= 0.6 is 0 Å². The summed E-state index contributed by atoms with van der Waals surface area (Å²) in [4.78, 5) is 11.3. The fourth-order valence-corrected chi connectivity index (χ4v) is 2.12. The van der Waals surface area contributed by atoms with Gasteiger partial charge in [-0.15, -0.1) is 0 Å². The second kappa shape index (κ2) is 7.19. The maximum Gasteiger partial charge on any atom is 0.387 e. The van der Waals surface area contributed by atoms with E-state index in [-0.39, 0.29) is 12.2 Å². The van der Waals surface area contributed by atoms with Crippen molar-refractivity contribution in [3.63, 3.8) is 0 Å². The number of para-hydroxylation sites is 1. The zero-order valence-electron chi connectivity index (χ0n) is 11.7. The van der Waals surface area contributed by atoms with E-state index in [1.165, 1.54) is 6.07 Å². The van der Waals surface area contributed by atoms with E-state index in [2.05, 4.69) is 10.1 Å². The summed E-state index contributed by atoms with van der Waals surface area (Å²) in [6, 6.07) is 6.42. The Kier molecular flexibility index (Phi) is 5.88. The van der Waals surface area contributed by atoms with Crippen LogP contribution in [0.25, 0.3) is 0 Å². The number of amides is 1. The van der Waals surface area contributed by atoms with Crippen molar-refractivity contribution in [3.05, 3.63) is 29.8 Å². The maximum atomic E-state index is 12.5. The molecule has 0 fully saturated rings. The van der Waals surface area contributed by atoms with Crippen LogP contribution in [0.1, 0.15) is 32.3 Å². The molecule has 1 unspecified atom stereocenters. The molecule has 20 heavy (non-hydrogen) atoms. The van der Waals surface area contributed by atoms with Crippen molar-refractivity contribution in [2.45, 2.75) is 38.8 Å². The Balaban J connectivity index is 3.15. The van der Waals surface area contributed by atoms with Gasteiger partial charge in [-0.2, -0.15) is 8.78 Å². The molecule has 0 aliphatic rings. The van der Waals surface area contributed by atoms with Crippen molar-refractivity contribution >= 4 is 5.91 Å². The molecule has 1 rings (SSSR count). The van der Waals surface area contributed by atoms with Crippen LogP contribution in [0, 0.1) is 0 Å². The minimum atomic E-state index is -2.92. The van der Waals surface area contributed by atoms with Crippen molar-refractivity contribution in [2.24, 2.45) is 5.73 Å². The second-order valence-electron chi connectivity index (χ2n) is 4.78. The predicted octanol–water partition coefficient (Wildman–Crippen LogP) is 2.38. The number of hydrogen-bond acceptors (Lipinski definition) is 3. The van der Waals surface area contributed by atoms with Crippen molar-refractivity contribution < 1.29 is 18.3 Å². The molecule has 0 saturated carbocycles. The quantitative estimate of drug-likeness (QED) is 0.771. The molecule has 4 nitrogen and oxygen atoms in total. The van der Waals surface area contributed by atoms with Crippen molar-refractivity contribution in [2.75, 3.05) is 6.54 Å². The lowest BCUT2D eigenvalue weighted by Crippen LogP contribution is -2.43. The molecule has 112 valence electrons. The number of rotatable bonds is 8. The van der Waals surface area contributed by atoms with Crippen LogP contribution in [0.3, 0.4) is 0 Å². The van der Waals surface area contributed by atoms with Crippen molar-refractivity contribution in [3.8, 4) is 5.75 Å². The van der Waals surface area contributed by atoms with Gasteiger partial charge in [0.1, 0.15) is 5.75 Å². The van der Waals surface area contributed by atoms with Gasteiger partial charge < -0.3 is 15.8 Å². The predicted molar refractivity (Wildman–Crippen MR) is 72.5 cm³/mol. The molecule has 1 aromatic rings. The van der Waals surface area contributed by atoms with Crippen LogP contribution < -0.4 is 15.8 Å². The summed E-state index contributed by atoms with van der Waals surface area (Å²) in [7, 11) is 0.